The first-order chi connectivity index (χ1) is 8.76. The Kier molecular flexibility index (Phi) is 3.63. The highest BCUT2D eigenvalue weighted by atomic mass is 32.1. The number of aromatic nitrogens is 1. The van der Waals surface area contributed by atoms with E-state index in [0.29, 0.717) is 11.6 Å². The molecule has 0 bridgehead atoms. The quantitative estimate of drug-likeness (QED) is 0.889. The van der Waals surface area contributed by atoms with Crippen molar-refractivity contribution < 1.29 is 4.79 Å². The highest BCUT2D eigenvalue weighted by Gasteiger charge is 2.17. The first kappa shape index (κ1) is 14.0. The maximum atomic E-state index is 11.9. The molecule has 3 nitrogen and oxygen atoms in total. The van der Waals surface area contributed by atoms with Crippen molar-refractivity contribution in [1.29, 1.82) is 0 Å². The van der Waals surface area contributed by atoms with Gasteiger partial charge in [0.1, 0.15) is 0 Å². The molecule has 1 aromatic carbocycles. The number of amides is 1. The Morgan fingerprint density at radius 3 is 2.47 bits per heavy atom. The topological polar surface area (TPSA) is 42.0 Å². The predicted molar refractivity (Wildman–Crippen MR) is 81.8 cm³/mol. The third-order valence-corrected chi connectivity index (χ3v) is 3.99. The zero-order chi connectivity index (χ0) is 14.2. The van der Waals surface area contributed by atoms with Crippen molar-refractivity contribution in [1.82, 2.24) is 4.98 Å². The van der Waals surface area contributed by atoms with Crippen LogP contribution in [0.25, 0.3) is 10.2 Å². The molecule has 0 saturated heterocycles. The Bertz CT molecular complexity index is 584. The third-order valence-electron chi connectivity index (χ3n) is 2.88. The number of fused-ring (bicyclic) bond motifs is 1. The summed E-state index contributed by atoms with van der Waals surface area (Å²) in [6.07, 6.45) is 0.501. The van der Waals surface area contributed by atoms with Gasteiger partial charge < -0.3 is 5.32 Å². The number of nitrogens with zero attached hydrogens (tertiary/aromatic N) is 1. The fourth-order valence-electron chi connectivity index (χ4n) is 1.96. The SMILES string of the molecule is Cc1ccc(C)c2sc(NC(=O)CC(C)(C)C)nc12. The standard InChI is InChI=1S/C15H20N2OS/c1-9-6-7-10(2)13-12(9)17-14(19-13)16-11(18)8-15(3,4)5/h6-7H,8H2,1-5H3,(H,16,17,18). The van der Waals surface area contributed by atoms with E-state index in [1.54, 1.807) is 11.3 Å². The second kappa shape index (κ2) is 4.93. The van der Waals surface area contributed by atoms with Crippen molar-refractivity contribution in [2.45, 2.75) is 41.0 Å². The number of thiazole rings is 1. The molecule has 0 aliphatic heterocycles. The molecule has 102 valence electrons. The average Bonchev–Trinajstić information content (AvgIpc) is 2.65. The molecule has 1 amide bonds. The summed E-state index contributed by atoms with van der Waals surface area (Å²) < 4.78 is 1.16. The maximum absolute atomic E-state index is 11.9. The molecule has 2 rings (SSSR count). The summed E-state index contributed by atoms with van der Waals surface area (Å²) in [5.41, 5.74) is 3.34. The van der Waals surface area contributed by atoms with E-state index in [1.807, 2.05) is 6.92 Å². The van der Waals surface area contributed by atoms with Gasteiger partial charge in [-0.1, -0.05) is 44.2 Å². The molecule has 0 spiro atoms. The zero-order valence-electron chi connectivity index (χ0n) is 12.1. The summed E-state index contributed by atoms with van der Waals surface area (Å²) >= 11 is 1.55. The van der Waals surface area contributed by atoms with E-state index in [0.717, 1.165) is 15.8 Å². The first-order valence-corrected chi connectivity index (χ1v) is 7.24. The summed E-state index contributed by atoms with van der Waals surface area (Å²) in [5.74, 6) is 0.0295. The average molecular weight is 276 g/mol. The first-order valence-electron chi connectivity index (χ1n) is 6.43. The number of carbonyl (C=O) groups excluding carboxylic acids is 1. The molecule has 0 radical (unpaired) electrons. The van der Waals surface area contributed by atoms with Crippen LogP contribution in [0.4, 0.5) is 5.13 Å². The van der Waals surface area contributed by atoms with E-state index in [1.165, 1.54) is 5.56 Å². The smallest absolute Gasteiger partial charge is 0.226 e. The molecule has 0 atom stereocenters. The van der Waals surface area contributed by atoms with Gasteiger partial charge in [-0.05, 0) is 30.4 Å². The Morgan fingerprint density at radius 2 is 1.89 bits per heavy atom. The molecule has 4 heteroatoms. The van der Waals surface area contributed by atoms with Crippen molar-refractivity contribution in [3.8, 4) is 0 Å². The lowest BCUT2D eigenvalue weighted by molar-refractivity contribution is -0.117. The number of rotatable bonds is 2. The summed E-state index contributed by atoms with van der Waals surface area (Å²) in [5, 5.41) is 3.61. The number of hydrogen-bond acceptors (Lipinski definition) is 3. The molecule has 1 aromatic heterocycles. The minimum absolute atomic E-state index is 0.00734. The third kappa shape index (κ3) is 3.32. The van der Waals surface area contributed by atoms with Gasteiger partial charge in [-0.3, -0.25) is 4.79 Å². The van der Waals surface area contributed by atoms with Crippen LogP contribution in [0.3, 0.4) is 0 Å². The van der Waals surface area contributed by atoms with Crippen molar-refractivity contribution in [3.63, 3.8) is 0 Å². The van der Waals surface area contributed by atoms with Crippen LogP contribution in [0, 0.1) is 19.3 Å². The highest BCUT2D eigenvalue weighted by Crippen LogP contribution is 2.31. The van der Waals surface area contributed by atoms with Crippen molar-refractivity contribution in [2.75, 3.05) is 5.32 Å². The van der Waals surface area contributed by atoms with Crippen LogP contribution in [0.1, 0.15) is 38.3 Å². The monoisotopic (exact) mass is 276 g/mol. The van der Waals surface area contributed by atoms with E-state index in [2.05, 4.69) is 50.1 Å². The fourth-order valence-corrected chi connectivity index (χ4v) is 2.99. The summed E-state index contributed by atoms with van der Waals surface area (Å²) in [7, 11) is 0. The van der Waals surface area contributed by atoms with E-state index in [4.69, 9.17) is 0 Å². The van der Waals surface area contributed by atoms with Gasteiger partial charge >= 0.3 is 0 Å². The molecule has 0 unspecified atom stereocenters. The maximum Gasteiger partial charge on any atom is 0.226 e. The largest absolute Gasteiger partial charge is 0.302 e. The number of anilines is 1. The van der Waals surface area contributed by atoms with Crippen molar-refractivity contribution in [3.05, 3.63) is 23.3 Å². The molecule has 1 heterocycles. The van der Waals surface area contributed by atoms with Crippen LogP contribution in [0.5, 0.6) is 0 Å². The number of aryl methyl sites for hydroxylation is 2. The van der Waals surface area contributed by atoms with Crippen molar-refractivity contribution in [2.24, 2.45) is 5.41 Å². The van der Waals surface area contributed by atoms with Gasteiger partial charge in [-0.2, -0.15) is 0 Å². The number of nitrogens with one attached hydrogen (secondary N) is 1. The van der Waals surface area contributed by atoms with E-state index in [9.17, 15) is 4.79 Å². The van der Waals surface area contributed by atoms with Crippen LogP contribution in [-0.4, -0.2) is 10.9 Å². The number of benzene rings is 1. The lowest BCUT2D eigenvalue weighted by atomic mass is 9.92. The molecular weight excluding hydrogens is 256 g/mol. The van der Waals surface area contributed by atoms with Crippen molar-refractivity contribution >= 4 is 32.6 Å². The van der Waals surface area contributed by atoms with Crippen LogP contribution >= 0.6 is 11.3 Å². The van der Waals surface area contributed by atoms with Crippen LogP contribution in [0.2, 0.25) is 0 Å². The zero-order valence-corrected chi connectivity index (χ0v) is 12.9. The molecule has 19 heavy (non-hydrogen) atoms. The normalized spacial score (nSPS) is 11.8. The Morgan fingerprint density at radius 1 is 1.26 bits per heavy atom. The lowest BCUT2D eigenvalue weighted by Gasteiger charge is -2.16. The van der Waals surface area contributed by atoms with Gasteiger partial charge in [-0.15, -0.1) is 0 Å². The molecule has 0 saturated carbocycles. The van der Waals surface area contributed by atoms with Crippen LogP contribution in [0.15, 0.2) is 12.1 Å². The second-order valence-electron chi connectivity index (χ2n) is 6.18. The Labute approximate surface area is 118 Å². The molecule has 0 fully saturated rings. The molecule has 0 aliphatic rings. The summed E-state index contributed by atoms with van der Waals surface area (Å²) in [4.78, 5) is 16.5. The molecule has 0 aliphatic carbocycles. The minimum atomic E-state index is -0.00734. The number of hydrogen-bond donors (Lipinski definition) is 1. The van der Waals surface area contributed by atoms with Gasteiger partial charge in [0.15, 0.2) is 5.13 Å². The molecule has 2 aromatic rings. The van der Waals surface area contributed by atoms with Gasteiger partial charge in [0, 0.05) is 6.42 Å². The van der Waals surface area contributed by atoms with E-state index < -0.39 is 0 Å². The predicted octanol–water partition coefficient (Wildman–Crippen LogP) is 4.29. The molecular formula is C15H20N2OS. The Balaban J connectivity index is 2.25. The second-order valence-corrected chi connectivity index (χ2v) is 7.18. The summed E-state index contributed by atoms with van der Waals surface area (Å²) in [6, 6.07) is 4.16. The highest BCUT2D eigenvalue weighted by molar-refractivity contribution is 7.22. The van der Waals surface area contributed by atoms with Crippen LogP contribution < -0.4 is 5.32 Å². The number of carbonyl (C=O) groups is 1. The summed E-state index contributed by atoms with van der Waals surface area (Å²) in [6.45, 7) is 10.3. The van der Waals surface area contributed by atoms with E-state index in [-0.39, 0.29) is 11.3 Å². The molecule has 1 N–H and O–H groups in total. The van der Waals surface area contributed by atoms with Gasteiger partial charge in [0.05, 0.1) is 10.2 Å². The van der Waals surface area contributed by atoms with Gasteiger partial charge in [-0.25, -0.2) is 4.98 Å². The lowest BCUT2D eigenvalue weighted by Crippen LogP contribution is -2.19. The van der Waals surface area contributed by atoms with Gasteiger partial charge in [0.2, 0.25) is 5.91 Å². The van der Waals surface area contributed by atoms with Crippen LogP contribution in [-0.2, 0) is 4.79 Å². The fraction of sp³-hybridized carbons (Fsp3) is 0.467. The minimum Gasteiger partial charge on any atom is -0.302 e. The van der Waals surface area contributed by atoms with E-state index >= 15 is 0 Å². The van der Waals surface area contributed by atoms with Gasteiger partial charge in [0.25, 0.3) is 0 Å². The Hall–Kier alpha value is -1.42.